The third-order valence-electron chi connectivity index (χ3n) is 4.11. The van der Waals surface area contributed by atoms with Crippen LogP contribution in [0.3, 0.4) is 0 Å². The average molecular weight is 400 g/mol. The molecule has 1 aromatic carbocycles. The molecule has 1 fully saturated rings. The first-order valence-corrected chi connectivity index (χ1v) is 9.61. The Balaban J connectivity index is 1.59. The average Bonchev–Trinajstić information content (AvgIpc) is 2.99. The van der Waals surface area contributed by atoms with E-state index < -0.39 is 26.6 Å². The molecule has 146 valence electrons. The number of carbonyl (C=O) groups excluding carboxylic acids is 1. The number of nitrogens with zero attached hydrogens (tertiary/aromatic N) is 3. The van der Waals surface area contributed by atoms with Crippen molar-refractivity contribution in [1.29, 1.82) is 0 Å². The largest absolute Gasteiger partial charge is 0.338 e. The maximum absolute atomic E-state index is 13.8. The van der Waals surface area contributed by atoms with E-state index in [0.29, 0.717) is 5.69 Å². The van der Waals surface area contributed by atoms with E-state index in [4.69, 9.17) is 4.52 Å². The highest BCUT2D eigenvalue weighted by atomic mass is 32.2. The van der Waals surface area contributed by atoms with Crippen molar-refractivity contribution in [1.82, 2.24) is 14.4 Å². The number of amides is 1. The molecule has 0 aliphatic carbocycles. The van der Waals surface area contributed by atoms with Crippen LogP contribution in [0.1, 0.15) is 5.69 Å². The molecule has 0 unspecified atom stereocenters. The Labute approximate surface area is 154 Å². The Morgan fingerprint density at radius 1 is 1.22 bits per heavy atom. The van der Waals surface area contributed by atoms with Crippen LogP contribution in [0.2, 0.25) is 0 Å². The first-order valence-electron chi connectivity index (χ1n) is 8.17. The number of halogens is 2. The predicted octanol–water partition coefficient (Wildman–Crippen LogP) is 1.21. The molecule has 0 bridgehead atoms. The van der Waals surface area contributed by atoms with E-state index in [1.807, 2.05) is 0 Å². The van der Waals surface area contributed by atoms with E-state index in [1.54, 1.807) is 17.9 Å². The van der Waals surface area contributed by atoms with Crippen molar-refractivity contribution in [2.45, 2.75) is 11.8 Å². The van der Waals surface area contributed by atoms with Gasteiger partial charge in [0, 0.05) is 32.2 Å². The van der Waals surface area contributed by atoms with Crippen LogP contribution < -0.4 is 5.32 Å². The van der Waals surface area contributed by atoms with Crippen molar-refractivity contribution < 1.29 is 26.5 Å². The molecular weight excluding hydrogens is 382 g/mol. The third kappa shape index (κ3) is 4.31. The lowest BCUT2D eigenvalue weighted by molar-refractivity contribution is -0.117. The summed E-state index contributed by atoms with van der Waals surface area (Å²) in [5, 5.41) is 6.21. The van der Waals surface area contributed by atoms with E-state index in [-0.39, 0.29) is 44.5 Å². The Morgan fingerprint density at radius 3 is 2.41 bits per heavy atom. The summed E-state index contributed by atoms with van der Waals surface area (Å²) in [4.78, 5) is 12.8. The number of benzene rings is 1. The van der Waals surface area contributed by atoms with Gasteiger partial charge in [-0.05, 0) is 19.1 Å². The monoisotopic (exact) mass is 400 g/mol. The third-order valence-corrected chi connectivity index (χ3v) is 6.06. The zero-order chi connectivity index (χ0) is 19.6. The number of aryl methyl sites for hydroxylation is 1. The summed E-state index contributed by atoms with van der Waals surface area (Å²) in [6.07, 6.45) is 0. The van der Waals surface area contributed by atoms with Gasteiger partial charge in [-0.2, -0.15) is 4.31 Å². The molecular formula is C16H18F2N4O4S. The lowest BCUT2D eigenvalue weighted by atomic mass is 10.3. The Bertz CT molecular complexity index is 919. The minimum atomic E-state index is -4.29. The molecule has 1 aliphatic rings. The second-order valence-electron chi connectivity index (χ2n) is 6.11. The summed E-state index contributed by atoms with van der Waals surface area (Å²) in [6.45, 7) is 2.28. The van der Waals surface area contributed by atoms with Crippen LogP contribution in [0.4, 0.5) is 14.7 Å². The number of piperazine rings is 1. The molecule has 11 heteroatoms. The van der Waals surface area contributed by atoms with Gasteiger partial charge >= 0.3 is 0 Å². The fourth-order valence-corrected chi connectivity index (χ4v) is 4.32. The Kier molecular flexibility index (Phi) is 5.53. The second kappa shape index (κ2) is 7.71. The van der Waals surface area contributed by atoms with E-state index in [2.05, 4.69) is 10.5 Å². The van der Waals surface area contributed by atoms with Crippen molar-refractivity contribution in [3.63, 3.8) is 0 Å². The van der Waals surface area contributed by atoms with Crippen LogP contribution in [0.5, 0.6) is 0 Å². The van der Waals surface area contributed by atoms with E-state index in [0.717, 1.165) is 22.5 Å². The fraction of sp³-hybridized carbons (Fsp3) is 0.375. The van der Waals surface area contributed by atoms with Crippen molar-refractivity contribution in [3.05, 3.63) is 41.6 Å². The zero-order valence-corrected chi connectivity index (χ0v) is 15.3. The first-order chi connectivity index (χ1) is 12.8. The molecule has 3 rings (SSSR count). The molecule has 0 saturated carbocycles. The van der Waals surface area contributed by atoms with Gasteiger partial charge in [-0.1, -0.05) is 11.2 Å². The molecule has 2 heterocycles. The van der Waals surface area contributed by atoms with Gasteiger partial charge in [0.15, 0.2) is 4.90 Å². The van der Waals surface area contributed by atoms with Crippen LogP contribution in [0, 0.1) is 18.6 Å². The SMILES string of the molecule is Cc1cc(NC(=O)CN2CCN(S(=O)(=O)c3c(F)cccc3F)CC2)on1. The lowest BCUT2D eigenvalue weighted by Gasteiger charge is -2.33. The van der Waals surface area contributed by atoms with Crippen molar-refractivity contribution in [3.8, 4) is 0 Å². The number of anilines is 1. The van der Waals surface area contributed by atoms with Gasteiger partial charge in [0.05, 0.1) is 12.2 Å². The quantitative estimate of drug-likeness (QED) is 0.811. The maximum atomic E-state index is 13.8. The van der Waals surface area contributed by atoms with Gasteiger partial charge in [0.1, 0.15) is 11.6 Å². The summed E-state index contributed by atoms with van der Waals surface area (Å²) >= 11 is 0. The molecule has 2 aromatic rings. The predicted molar refractivity (Wildman–Crippen MR) is 91.4 cm³/mol. The number of carbonyl (C=O) groups is 1. The number of hydrogen-bond donors (Lipinski definition) is 1. The van der Waals surface area contributed by atoms with E-state index >= 15 is 0 Å². The van der Waals surface area contributed by atoms with Crippen LogP contribution in [0.25, 0.3) is 0 Å². The molecule has 1 aromatic heterocycles. The second-order valence-corrected chi connectivity index (χ2v) is 7.99. The molecule has 1 N–H and O–H groups in total. The normalized spacial score (nSPS) is 16.4. The maximum Gasteiger partial charge on any atom is 0.249 e. The molecule has 27 heavy (non-hydrogen) atoms. The van der Waals surface area contributed by atoms with Crippen LogP contribution in [-0.2, 0) is 14.8 Å². The van der Waals surface area contributed by atoms with E-state index in [9.17, 15) is 22.0 Å². The van der Waals surface area contributed by atoms with Gasteiger partial charge in [0.2, 0.25) is 21.8 Å². The van der Waals surface area contributed by atoms with Gasteiger partial charge in [-0.3, -0.25) is 15.0 Å². The van der Waals surface area contributed by atoms with Crippen LogP contribution in [-0.4, -0.2) is 61.4 Å². The minimum absolute atomic E-state index is 0.0187. The van der Waals surface area contributed by atoms with Crippen molar-refractivity contribution >= 4 is 21.8 Å². The summed E-state index contributed by atoms with van der Waals surface area (Å²) in [7, 11) is -4.29. The zero-order valence-electron chi connectivity index (χ0n) is 14.5. The Hall–Kier alpha value is -2.37. The van der Waals surface area contributed by atoms with Crippen LogP contribution >= 0.6 is 0 Å². The van der Waals surface area contributed by atoms with Gasteiger partial charge in [-0.25, -0.2) is 17.2 Å². The molecule has 0 spiro atoms. The van der Waals surface area contributed by atoms with Crippen LogP contribution in [0.15, 0.2) is 33.7 Å². The number of hydrogen-bond acceptors (Lipinski definition) is 6. The fourth-order valence-electron chi connectivity index (χ4n) is 2.79. The molecule has 0 radical (unpaired) electrons. The van der Waals surface area contributed by atoms with Gasteiger partial charge < -0.3 is 4.52 Å². The highest BCUT2D eigenvalue weighted by Crippen LogP contribution is 2.23. The number of nitrogens with one attached hydrogen (secondary N) is 1. The topological polar surface area (TPSA) is 95.8 Å². The number of aromatic nitrogens is 1. The summed E-state index contributed by atoms with van der Waals surface area (Å²) in [6, 6.07) is 4.49. The number of rotatable bonds is 5. The Morgan fingerprint density at radius 2 is 1.85 bits per heavy atom. The van der Waals surface area contributed by atoms with Crippen molar-refractivity contribution in [2.24, 2.45) is 0 Å². The van der Waals surface area contributed by atoms with Gasteiger partial charge in [-0.15, -0.1) is 0 Å². The summed E-state index contributed by atoms with van der Waals surface area (Å²) in [5.41, 5.74) is 0.629. The molecule has 1 saturated heterocycles. The van der Waals surface area contributed by atoms with Gasteiger partial charge in [0.25, 0.3) is 0 Å². The molecule has 8 nitrogen and oxygen atoms in total. The minimum Gasteiger partial charge on any atom is -0.338 e. The molecule has 1 amide bonds. The summed E-state index contributed by atoms with van der Waals surface area (Å²) in [5.74, 6) is -2.35. The smallest absolute Gasteiger partial charge is 0.249 e. The van der Waals surface area contributed by atoms with E-state index in [1.165, 1.54) is 0 Å². The lowest BCUT2D eigenvalue weighted by Crippen LogP contribution is -2.50. The number of sulfonamides is 1. The first kappa shape index (κ1) is 19.4. The van der Waals surface area contributed by atoms with Crippen molar-refractivity contribution in [2.75, 3.05) is 38.0 Å². The highest BCUT2D eigenvalue weighted by molar-refractivity contribution is 7.89. The molecule has 1 aliphatic heterocycles. The summed E-state index contributed by atoms with van der Waals surface area (Å²) < 4.78 is 58.6. The standard InChI is InChI=1S/C16H18F2N4O4S/c1-11-9-15(26-20-11)19-14(23)10-21-5-7-22(8-6-21)27(24,25)16-12(17)3-2-4-13(16)18/h2-4,9H,5-8,10H2,1H3,(H,19,23). The highest BCUT2D eigenvalue weighted by Gasteiger charge is 2.33. The molecule has 0 atom stereocenters.